The number of oxime groups is 1. The Labute approximate surface area is 118 Å². The number of aryl methyl sites for hydroxylation is 1. The Hall–Kier alpha value is -1.88. The highest BCUT2D eigenvalue weighted by atomic mass is 16.7. The molecule has 5 heteroatoms. The number of carbonyl (C=O) groups excluding carboxylic acids is 1. The molecule has 2 N–H and O–H groups in total. The lowest BCUT2D eigenvalue weighted by atomic mass is 9.90. The molecule has 1 unspecified atom stereocenters. The van der Waals surface area contributed by atoms with Crippen LogP contribution in [0.1, 0.15) is 25.3 Å². The fraction of sp³-hybridized carbons (Fsp3) is 0.467. The van der Waals surface area contributed by atoms with Crippen LogP contribution in [0.2, 0.25) is 0 Å². The summed E-state index contributed by atoms with van der Waals surface area (Å²) in [6.45, 7) is 2.40. The van der Waals surface area contributed by atoms with Gasteiger partial charge in [-0.25, -0.2) is 4.79 Å². The second-order valence-electron chi connectivity index (χ2n) is 4.83. The predicted octanol–water partition coefficient (Wildman–Crippen LogP) is 1.66. The van der Waals surface area contributed by atoms with Gasteiger partial charge in [-0.2, -0.15) is 0 Å². The van der Waals surface area contributed by atoms with E-state index in [1.807, 2.05) is 30.3 Å². The monoisotopic (exact) mass is 276 g/mol. The van der Waals surface area contributed by atoms with E-state index < -0.39 is 5.60 Å². The second kappa shape index (κ2) is 6.52. The fourth-order valence-corrected chi connectivity index (χ4v) is 2.25. The average Bonchev–Trinajstić information content (AvgIpc) is 2.92. The topological polar surface area (TPSA) is 73.9 Å². The minimum Gasteiger partial charge on any atom is -0.463 e. The number of nitrogens with two attached hydrogens (primary N) is 1. The molecule has 2 rings (SSSR count). The summed E-state index contributed by atoms with van der Waals surface area (Å²) in [7, 11) is 0. The van der Waals surface area contributed by atoms with E-state index in [0.717, 1.165) is 12.0 Å². The van der Waals surface area contributed by atoms with Gasteiger partial charge < -0.3 is 15.3 Å². The van der Waals surface area contributed by atoms with E-state index >= 15 is 0 Å². The highest BCUT2D eigenvalue weighted by Crippen LogP contribution is 2.30. The van der Waals surface area contributed by atoms with Crippen LogP contribution >= 0.6 is 0 Å². The van der Waals surface area contributed by atoms with Crippen molar-refractivity contribution in [2.75, 3.05) is 13.2 Å². The van der Waals surface area contributed by atoms with Gasteiger partial charge in [0.2, 0.25) is 5.60 Å². The average molecular weight is 276 g/mol. The minimum atomic E-state index is -1.01. The zero-order valence-electron chi connectivity index (χ0n) is 11.7. The van der Waals surface area contributed by atoms with Crippen molar-refractivity contribution in [2.45, 2.75) is 31.8 Å². The smallest absolute Gasteiger partial charge is 0.353 e. The number of carbonyl (C=O) groups is 1. The number of hydrogen-bond acceptors (Lipinski definition) is 5. The fourth-order valence-electron chi connectivity index (χ4n) is 2.25. The maximum atomic E-state index is 12.2. The first-order valence-corrected chi connectivity index (χ1v) is 6.85. The van der Waals surface area contributed by atoms with Crippen molar-refractivity contribution in [3.8, 4) is 0 Å². The number of nitrogens with zero attached hydrogens (tertiary/aromatic N) is 1. The van der Waals surface area contributed by atoms with Crippen LogP contribution in [-0.4, -0.2) is 30.4 Å². The SMILES string of the molecule is CCOC(=O)C1(CCc2ccccc2)CC(CN)=NO1. The summed E-state index contributed by atoms with van der Waals surface area (Å²) in [5, 5.41) is 3.91. The molecule has 108 valence electrons. The van der Waals surface area contributed by atoms with Gasteiger partial charge in [0.15, 0.2) is 0 Å². The first-order chi connectivity index (χ1) is 9.70. The van der Waals surface area contributed by atoms with Gasteiger partial charge in [0.05, 0.1) is 12.3 Å². The standard InChI is InChI=1S/C15H20N2O3/c1-2-19-14(18)15(10-13(11-16)17-20-15)9-8-12-6-4-3-5-7-12/h3-7H,2,8-11,16H2,1H3. The second-order valence-corrected chi connectivity index (χ2v) is 4.83. The molecular weight excluding hydrogens is 256 g/mol. The van der Waals surface area contributed by atoms with Gasteiger partial charge in [-0.15, -0.1) is 0 Å². The minimum absolute atomic E-state index is 0.298. The Morgan fingerprint density at radius 2 is 2.20 bits per heavy atom. The first-order valence-electron chi connectivity index (χ1n) is 6.85. The van der Waals surface area contributed by atoms with Crippen molar-refractivity contribution < 1.29 is 14.4 Å². The number of hydrogen-bond donors (Lipinski definition) is 1. The van der Waals surface area contributed by atoms with Crippen molar-refractivity contribution in [3.63, 3.8) is 0 Å². The third-order valence-corrected chi connectivity index (χ3v) is 3.38. The van der Waals surface area contributed by atoms with Crippen molar-refractivity contribution in [1.29, 1.82) is 0 Å². The Bertz CT molecular complexity index is 487. The van der Waals surface area contributed by atoms with Crippen LogP contribution < -0.4 is 5.73 Å². The molecule has 0 radical (unpaired) electrons. The van der Waals surface area contributed by atoms with Crippen LogP contribution in [0, 0.1) is 0 Å². The maximum absolute atomic E-state index is 12.2. The van der Waals surface area contributed by atoms with Gasteiger partial charge in [-0.3, -0.25) is 0 Å². The Balaban J connectivity index is 2.06. The molecule has 0 spiro atoms. The van der Waals surface area contributed by atoms with E-state index in [1.54, 1.807) is 6.92 Å². The van der Waals surface area contributed by atoms with Crippen LogP contribution in [0.25, 0.3) is 0 Å². The van der Waals surface area contributed by atoms with Gasteiger partial charge in [-0.05, 0) is 18.9 Å². The van der Waals surface area contributed by atoms with E-state index in [4.69, 9.17) is 15.3 Å². The Morgan fingerprint density at radius 3 is 2.80 bits per heavy atom. The molecule has 20 heavy (non-hydrogen) atoms. The van der Waals surface area contributed by atoms with Crippen LogP contribution in [-0.2, 0) is 20.8 Å². The Morgan fingerprint density at radius 1 is 1.45 bits per heavy atom. The molecular formula is C15H20N2O3. The van der Waals surface area contributed by atoms with Crippen molar-refractivity contribution in [3.05, 3.63) is 35.9 Å². The van der Waals surface area contributed by atoms with Gasteiger partial charge in [0, 0.05) is 19.4 Å². The first kappa shape index (κ1) is 14.5. The van der Waals surface area contributed by atoms with E-state index in [-0.39, 0.29) is 5.97 Å². The van der Waals surface area contributed by atoms with Gasteiger partial charge in [0.1, 0.15) is 0 Å². The maximum Gasteiger partial charge on any atom is 0.353 e. The molecule has 0 bridgehead atoms. The van der Waals surface area contributed by atoms with Crippen LogP contribution in [0.4, 0.5) is 0 Å². The van der Waals surface area contributed by atoms with Crippen molar-refractivity contribution in [1.82, 2.24) is 0 Å². The molecule has 1 aliphatic heterocycles. The highest BCUT2D eigenvalue weighted by molar-refractivity contribution is 5.94. The summed E-state index contributed by atoms with van der Waals surface area (Å²) >= 11 is 0. The lowest BCUT2D eigenvalue weighted by Gasteiger charge is -2.24. The molecule has 0 amide bonds. The van der Waals surface area contributed by atoms with Gasteiger partial charge in [0.25, 0.3) is 0 Å². The van der Waals surface area contributed by atoms with E-state index in [0.29, 0.717) is 31.7 Å². The number of benzene rings is 1. The zero-order valence-corrected chi connectivity index (χ0v) is 11.7. The highest BCUT2D eigenvalue weighted by Gasteiger charge is 2.47. The largest absolute Gasteiger partial charge is 0.463 e. The van der Waals surface area contributed by atoms with Crippen LogP contribution in [0.15, 0.2) is 35.5 Å². The van der Waals surface area contributed by atoms with E-state index in [9.17, 15) is 4.79 Å². The lowest BCUT2D eigenvalue weighted by molar-refractivity contribution is -0.169. The molecule has 0 aromatic heterocycles. The van der Waals surface area contributed by atoms with Crippen LogP contribution in [0.5, 0.6) is 0 Å². The molecule has 1 aromatic rings. The van der Waals surface area contributed by atoms with E-state index in [2.05, 4.69) is 5.16 Å². The predicted molar refractivity (Wildman–Crippen MR) is 76.3 cm³/mol. The molecule has 5 nitrogen and oxygen atoms in total. The molecule has 1 heterocycles. The van der Waals surface area contributed by atoms with Gasteiger partial charge >= 0.3 is 5.97 Å². The molecule has 0 aliphatic carbocycles. The summed E-state index contributed by atoms with van der Waals surface area (Å²) in [6, 6.07) is 9.97. The summed E-state index contributed by atoms with van der Waals surface area (Å²) in [6.07, 6.45) is 1.67. The van der Waals surface area contributed by atoms with Crippen LogP contribution in [0.3, 0.4) is 0 Å². The quantitative estimate of drug-likeness (QED) is 0.802. The zero-order chi connectivity index (χ0) is 14.4. The number of ether oxygens (including phenoxy) is 1. The Kier molecular flexibility index (Phi) is 4.74. The summed E-state index contributed by atoms with van der Waals surface area (Å²) < 4.78 is 5.13. The third-order valence-electron chi connectivity index (χ3n) is 3.38. The molecule has 1 aromatic carbocycles. The number of esters is 1. The molecule has 1 aliphatic rings. The molecule has 1 atom stereocenters. The molecule has 0 saturated heterocycles. The molecule has 0 saturated carbocycles. The summed E-state index contributed by atoms with van der Waals surface area (Å²) in [5.41, 5.74) is 6.41. The third kappa shape index (κ3) is 3.17. The lowest BCUT2D eigenvalue weighted by Crippen LogP contribution is -2.41. The summed E-state index contributed by atoms with van der Waals surface area (Å²) in [5.74, 6) is -0.358. The summed E-state index contributed by atoms with van der Waals surface area (Å²) in [4.78, 5) is 17.6. The van der Waals surface area contributed by atoms with E-state index in [1.165, 1.54) is 0 Å². The van der Waals surface area contributed by atoms with Gasteiger partial charge in [-0.1, -0.05) is 35.5 Å². The van der Waals surface area contributed by atoms with Crippen molar-refractivity contribution in [2.24, 2.45) is 10.9 Å². The normalized spacial score (nSPS) is 21.2. The molecule has 0 fully saturated rings. The number of rotatable bonds is 6. The van der Waals surface area contributed by atoms with Crippen molar-refractivity contribution >= 4 is 11.7 Å².